The molecule has 0 aromatic rings. The normalized spacial score (nSPS) is 18.0. The van der Waals surface area contributed by atoms with Crippen molar-refractivity contribution in [3.05, 3.63) is 0 Å². The summed E-state index contributed by atoms with van der Waals surface area (Å²) >= 11 is 0. The van der Waals surface area contributed by atoms with Crippen molar-refractivity contribution in [3.63, 3.8) is 0 Å². The SMILES string of the molecule is CCCCCNC(=NC)NCC(C(C)C)N1CCOCC1.I. The van der Waals surface area contributed by atoms with Crippen LogP contribution in [0.1, 0.15) is 40.0 Å². The summed E-state index contributed by atoms with van der Waals surface area (Å²) in [5.74, 6) is 1.54. The zero-order valence-electron chi connectivity index (χ0n) is 14.7. The molecule has 1 aliphatic heterocycles. The van der Waals surface area contributed by atoms with Crippen molar-refractivity contribution >= 4 is 29.9 Å². The van der Waals surface area contributed by atoms with E-state index in [-0.39, 0.29) is 24.0 Å². The monoisotopic (exact) mass is 426 g/mol. The van der Waals surface area contributed by atoms with E-state index in [0.29, 0.717) is 12.0 Å². The number of nitrogens with one attached hydrogen (secondary N) is 2. The van der Waals surface area contributed by atoms with Gasteiger partial charge in [0.05, 0.1) is 13.2 Å². The summed E-state index contributed by atoms with van der Waals surface area (Å²) in [4.78, 5) is 6.85. The second-order valence-electron chi connectivity index (χ2n) is 6.05. The van der Waals surface area contributed by atoms with Crippen LogP contribution >= 0.6 is 24.0 Å². The maximum atomic E-state index is 5.45. The molecule has 0 aliphatic carbocycles. The van der Waals surface area contributed by atoms with Gasteiger partial charge < -0.3 is 15.4 Å². The van der Waals surface area contributed by atoms with Gasteiger partial charge in [-0.2, -0.15) is 0 Å². The molecule has 1 rings (SSSR count). The molecule has 1 saturated heterocycles. The van der Waals surface area contributed by atoms with Crippen LogP contribution in [0, 0.1) is 5.92 Å². The first-order valence-electron chi connectivity index (χ1n) is 8.45. The molecule has 0 saturated carbocycles. The molecule has 0 amide bonds. The number of morpholine rings is 1. The first-order valence-corrected chi connectivity index (χ1v) is 8.45. The third-order valence-electron chi connectivity index (χ3n) is 4.06. The predicted molar refractivity (Wildman–Crippen MR) is 105 cm³/mol. The fourth-order valence-electron chi connectivity index (χ4n) is 2.70. The van der Waals surface area contributed by atoms with Crippen LogP contribution in [0.3, 0.4) is 0 Å². The molecular weight excluding hydrogens is 391 g/mol. The van der Waals surface area contributed by atoms with E-state index in [1.54, 1.807) is 0 Å². The molecule has 22 heavy (non-hydrogen) atoms. The summed E-state index contributed by atoms with van der Waals surface area (Å²) < 4.78 is 5.45. The van der Waals surface area contributed by atoms with Gasteiger partial charge in [0.15, 0.2) is 5.96 Å². The smallest absolute Gasteiger partial charge is 0.191 e. The predicted octanol–water partition coefficient (Wildman–Crippen LogP) is 2.32. The van der Waals surface area contributed by atoms with E-state index in [2.05, 4.69) is 41.3 Å². The maximum Gasteiger partial charge on any atom is 0.191 e. The topological polar surface area (TPSA) is 48.9 Å². The van der Waals surface area contributed by atoms with Crippen LogP contribution in [0.4, 0.5) is 0 Å². The average molecular weight is 426 g/mol. The largest absolute Gasteiger partial charge is 0.379 e. The molecule has 1 unspecified atom stereocenters. The Kier molecular flexibility index (Phi) is 13.3. The Morgan fingerprint density at radius 3 is 2.41 bits per heavy atom. The molecule has 1 atom stereocenters. The Morgan fingerprint density at radius 2 is 1.86 bits per heavy atom. The third kappa shape index (κ3) is 8.53. The zero-order chi connectivity index (χ0) is 15.5. The highest BCUT2D eigenvalue weighted by Gasteiger charge is 2.23. The highest BCUT2D eigenvalue weighted by atomic mass is 127. The van der Waals surface area contributed by atoms with Crippen molar-refractivity contribution < 1.29 is 4.74 Å². The number of rotatable bonds is 8. The summed E-state index contributed by atoms with van der Waals surface area (Å²) in [5, 5.41) is 6.88. The summed E-state index contributed by atoms with van der Waals surface area (Å²) in [6, 6.07) is 0.531. The lowest BCUT2D eigenvalue weighted by atomic mass is 10.0. The van der Waals surface area contributed by atoms with Gasteiger partial charge in [0.25, 0.3) is 0 Å². The molecule has 132 valence electrons. The molecule has 6 heteroatoms. The van der Waals surface area contributed by atoms with Crippen molar-refractivity contribution in [3.8, 4) is 0 Å². The van der Waals surface area contributed by atoms with Gasteiger partial charge >= 0.3 is 0 Å². The molecule has 1 heterocycles. The molecular formula is C16H35IN4O. The molecule has 0 aromatic carbocycles. The number of hydrogen-bond acceptors (Lipinski definition) is 3. The minimum absolute atomic E-state index is 0. The van der Waals surface area contributed by atoms with E-state index in [9.17, 15) is 0 Å². The van der Waals surface area contributed by atoms with Crippen LogP contribution in [-0.2, 0) is 4.74 Å². The Hall–Kier alpha value is -0.0800. The van der Waals surface area contributed by atoms with E-state index in [4.69, 9.17) is 4.74 Å². The molecule has 2 N–H and O–H groups in total. The van der Waals surface area contributed by atoms with Gasteiger partial charge in [-0.1, -0.05) is 33.6 Å². The van der Waals surface area contributed by atoms with E-state index in [1.807, 2.05) is 7.05 Å². The second-order valence-corrected chi connectivity index (χ2v) is 6.05. The Bertz CT molecular complexity index is 294. The zero-order valence-corrected chi connectivity index (χ0v) is 17.1. The maximum absolute atomic E-state index is 5.45. The quantitative estimate of drug-likeness (QED) is 0.271. The van der Waals surface area contributed by atoms with Crippen LogP contribution in [0.25, 0.3) is 0 Å². The Morgan fingerprint density at radius 1 is 1.18 bits per heavy atom. The second kappa shape index (κ2) is 13.4. The van der Waals surface area contributed by atoms with Crippen molar-refractivity contribution in [2.75, 3.05) is 46.4 Å². The van der Waals surface area contributed by atoms with Crippen LogP contribution in [-0.4, -0.2) is 63.3 Å². The molecule has 5 nitrogen and oxygen atoms in total. The molecule has 0 bridgehead atoms. The number of halogens is 1. The van der Waals surface area contributed by atoms with E-state index in [0.717, 1.165) is 45.4 Å². The van der Waals surface area contributed by atoms with E-state index < -0.39 is 0 Å². The van der Waals surface area contributed by atoms with E-state index >= 15 is 0 Å². The number of ether oxygens (including phenoxy) is 1. The number of hydrogen-bond donors (Lipinski definition) is 2. The first kappa shape index (κ1) is 21.9. The third-order valence-corrected chi connectivity index (χ3v) is 4.06. The van der Waals surface area contributed by atoms with Gasteiger partial charge in [0, 0.05) is 39.3 Å². The van der Waals surface area contributed by atoms with Crippen molar-refractivity contribution in [2.24, 2.45) is 10.9 Å². The fraction of sp³-hybridized carbons (Fsp3) is 0.938. The Balaban J connectivity index is 0.00000441. The fourth-order valence-corrected chi connectivity index (χ4v) is 2.70. The molecule has 0 spiro atoms. The first-order chi connectivity index (χ1) is 10.2. The van der Waals surface area contributed by atoms with Gasteiger partial charge in [-0.05, 0) is 12.3 Å². The number of aliphatic imine (C=N–C) groups is 1. The lowest BCUT2D eigenvalue weighted by Crippen LogP contribution is -2.52. The van der Waals surface area contributed by atoms with Crippen LogP contribution < -0.4 is 10.6 Å². The number of unbranched alkanes of at least 4 members (excludes halogenated alkanes) is 2. The van der Waals surface area contributed by atoms with Crippen molar-refractivity contribution in [1.29, 1.82) is 0 Å². The summed E-state index contributed by atoms with van der Waals surface area (Å²) in [5.41, 5.74) is 0. The van der Waals surface area contributed by atoms with Gasteiger partial charge in [0.1, 0.15) is 0 Å². The van der Waals surface area contributed by atoms with Crippen LogP contribution in [0.2, 0.25) is 0 Å². The number of guanidine groups is 1. The van der Waals surface area contributed by atoms with Gasteiger partial charge in [-0.15, -0.1) is 24.0 Å². The summed E-state index contributed by atoms with van der Waals surface area (Å²) in [6.45, 7) is 12.5. The lowest BCUT2D eigenvalue weighted by molar-refractivity contribution is 0.00752. The lowest BCUT2D eigenvalue weighted by Gasteiger charge is -2.37. The van der Waals surface area contributed by atoms with Crippen LogP contribution in [0.15, 0.2) is 4.99 Å². The molecule has 0 radical (unpaired) electrons. The highest BCUT2D eigenvalue weighted by Crippen LogP contribution is 2.12. The van der Waals surface area contributed by atoms with E-state index in [1.165, 1.54) is 19.3 Å². The van der Waals surface area contributed by atoms with Gasteiger partial charge in [0.2, 0.25) is 0 Å². The van der Waals surface area contributed by atoms with Crippen molar-refractivity contribution in [2.45, 2.75) is 46.1 Å². The van der Waals surface area contributed by atoms with Gasteiger partial charge in [-0.3, -0.25) is 9.89 Å². The average Bonchev–Trinajstić information content (AvgIpc) is 2.50. The standard InChI is InChI=1S/C16H34N4O.HI/c1-5-6-7-8-18-16(17-4)19-13-15(14(2)3)20-9-11-21-12-10-20;/h14-15H,5-13H2,1-4H3,(H2,17,18,19);1H. The Labute approximate surface area is 153 Å². The minimum atomic E-state index is 0. The minimum Gasteiger partial charge on any atom is -0.379 e. The van der Waals surface area contributed by atoms with Gasteiger partial charge in [-0.25, -0.2) is 0 Å². The van der Waals surface area contributed by atoms with Crippen LogP contribution in [0.5, 0.6) is 0 Å². The van der Waals surface area contributed by atoms with Crippen molar-refractivity contribution in [1.82, 2.24) is 15.5 Å². The molecule has 0 aromatic heterocycles. The summed E-state index contributed by atoms with van der Waals surface area (Å²) in [7, 11) is 1.84. The molecule has 1 aliphatic rings. The summed E-state index contributed by atoms with van der Waals surface area (Å²) in [6.07, 6.45) is 3.72. The molecule has 1 fully saturated rings. The highest BCUT2D eigenvalue weighted by molar-refractivity contribution is 14.0. The number of nitrogens with zero attached hydrogens (tertiary/aromatic N) is 2.